The summed E-state index contributed by atoms with van der Waals surface area (Å²) in [5.74, 6) is -0.687. The van der Waals surface area contributed by atoms with Crippen molar-refractivity contribution in [2.24, 2.45) is 0 Å². The lowest BCUT2D eigenvalue weighted by Gasteiger charge is -2.13. The summed E-state index contributed by atoms with van der Waals surface area (Å²) in [4.78, 5) is 12.9. The molecule has 0 atom stereocenters. The van der Waals surface area contributed by atoms with Crippen molar-refractivity contribution in [1.82, 2.24) is 14.7 Å². The second kappa shape index (κ2) is 5.12. The highest BCUT2D eigenvalue weighted by atomic mass is 16.4. The lowest BCUT2D eigenvalue weighted by molar-refractivity contribution is 0.0689. The third-order valence-corrected chi connectivity index (χ3v) is 2.38. The van der Waals surface area contributed by atoms with Gasteiger partial charge in [0.05, 0.1) is 6.54 Å². The van der Waals surface area contributed by atoms with E-state index in [9.17, 15) is 4.79 Å². The largest absolute Gasteiger partial charge is 0.476 e. The predicted octanol–water partition coefficient (Wildman–Crippen LogP) is 1.27. The third kappa shape index (κ3) is 3.06. The Bertz CT molecular complexity index is 369. The minimum atomic E-state index is -0.967. The Morgan fingerprint density at radius 3 is 2.62 bits per heavy atom. The Balaban J connectivity index is 2.91. The highest BCUT2D eigenvalue weighted by molar-refractivity contribution is 5.85. The van der Waals surface area contributed by atoms with Crippen LogP contribution in [-0.4, -0.2) is 46.4 Å². The molecule has 1 rings (SSSR count). The maximum atomic E-state index is 10.8. The first-order valence-corrected chi connectivity index (χ1v) is 5.37. The van der Waals surface area contributed by atoms with Crippen molar-refractivity contribution in [2.75, 3.05) is 20.6 Å². The number of likely N-dealkylation sites (N-methyl/N-ethyl adjacent to an activating group) is 1. The van der Waals surface area contributed by atoms with E-state index in [0.29, 0.717) is 6.54 Å². The average molecular weight is 225 g/mol. The first-order valence-electron chi connectivity index (χ1n) is 5.37. The van der Waals surface area contributed by atoms with Gasteiger partial charge < -0.3 is 10.0 Å². The molecule has 0 aliphatic rings. The van der Waals surface area contributed by atoms with E-state index in [2.05, 4.69) is 5.10 Å². The Morgan fingerprint density at radius 2 is 2.19 bits per heavy atom. The average Bonchev–Trinajstić information content (AvgIpc) is 2.58. The second-order valence-electron chi connectivity index (χ2n) is 4.44. The Labute approximate surface area is 95.7 Å². The van der Waals surface area contributed by atoms with Gasteiger partial charge in [-0.2, -0.15) is 5.10 Å². The molecule has 0 radical (unpaired) electrons. The normalized spacial score (nSPS) is 11.4. The van der Waals surface area contributed by atoms with Crippen molar-refractivity contribution < 1.29 is 9.90 Å². The van der Waals surface area contributed by atoms with Crippen molar-refractivity contribution in [3.63, 3.8) is 0 Å². The highest BCUT2D eigenvalue weighted by Crippen LogP contribution is 2.15. The molecule has 0 aliphatic heterocycles. The molecule has 1 N–H and O–H groups in total. The molecule has 0 spiro atoms. The molecule has 5 nitrogen and oxygen atoms in total. The molecule has 5 heteroatoms. The molecule has 0 saturated heterocycles. The molecule has 0 aliphatic carbocycles. The number of carboxylic acids is 1. The van der Waals surface area contributed by atoms with Gasteiger partial charge in [0.25, 0.3) is 0 Å². The van der Waals surface area contributed by atoms with E-state index in [4.69, 9.17) is 5.11 Å². The molecule has 16 heavy (non-hydrogen) atoms. The zero-order chi connectivity index (χ0) is 12.3. The minimum Gasteiger partial charge on any atom is -0.476 e. The lowest BCUT2D eigenvalue weighted by atomic mass is 10.1. The first-order chi connectivity index (χ1) is 7.41. The van der Waals surface area contributed by atoms with Crippen LogP contribution in [0.15, 0.2) is 6.07 Å². The van der Waals surface area contributed by atoms with Gasteiger partial charge in [-0.25, -0.2) is 4.79 Å². The van der Waals surface area contributed by atoms with Crippen LogP contribution < -0.4 is 0 Å². The van der Waals surface area contributed by atoms with Gasteiger partial charge in [0.15, 0.2) is 5.69 Å². The van der Waals surface area contributed by atoms with E-state index >= 15 is 0 Å². The topological polar surface area (TPSA) is 58.4 Å². The number of hydrogen-bond donors (Lipinski definition) is 1. The summed E-state index contributed by atoms with van der Waals surface area (Å²) in [6.45, 7) is 5.64. The van der Waals surface area contributed by atoms with Gasteiger partial charge in [0.2, 0.25) is 0 Å². The molecule has 0 saturated carbocycles. The summed E-state index contributed by atoms with van der Waals surface area (Å²) < 4.78 is 1.79. The number of aromatic nitrogens is 2. The van der Waals surface area contributed by atoms with Crippen molar-refractivity contribution in [2.45, 2.75) is 26.3 Å². The fourth-order valence-corrected chi connectivity index (χ4v) is 1.47. The standard InChI is InChI=1S/C11H19N3O2/c1-8(2)10-7-9(11(15)16)12-14(10)6-5-13(3)4/h7-8H,5-6H2,1-4H3,(H,15,16). The molecule has 0 bridgehead atoms. The maximum Gasteiger partial charge on any atom is 0.356 e. The van der Waals surface area contributed by atoms with Crippen LogP contribution in [0.25, 0.3) is 0 Å². The van der Waals surface area contributed by atoms with Gasteiger partial charge in [-0.1, -0.05) is 13.8 Å². The first kappa shape index (κ1) is 12.7. The van der Waals surface area contributed by atoms with E-state index < -0.39 is 5.97 Å². The molecule has 0 fully saturated rings. The van der Waals surface area contributed by atoms with Gasteiger partial charge in [-0.05, 0) is 26.1 Å². The number of carboxylic acid groups (broad SMARTS) is 1. The summed E-state index contributed by atoms with van der Waals surface area (Å²) in [6, 6.07) is 1.66. The van der Waals surface area contributed by atoms with Gasteiger partial charge in [-0.3, -0.25) is 4.68 Å². The molecule has 1 heterocycles. The number of hydrogen-bond acceptors (Lipinski definition) is 3. The fraction of sp³-hybridized carbons (Fsp3) is 0.636. The Hall–Kier alpha value is -1.36. The Kier molecular flexibility index (Phi) is 4.06. The maximum absolute atomic E-state index is 10.8. The van der Waals surface area contributed by atoms with E-state index in [0.717, 1.165) is 12.2 Å². The molecule has 0 amide bonds. The number of carbonyl (C=O) groups is 1. The molecule has 0 unspecified atom stereocenters. The van der Waals surface area contributed by atoms with E-state index in [1.54, 1.807) is 10.7 Å². The van der Waals surface area contributed by atoms with Gasteiger partial charge in [0, 0.05) is 12.2 Å². The van der Waals surface area contributed by atoms with E-state index in [1.807, 2.05) is 32.8 Å². The number of nitrogens with zero attached hydrogens (tertiary/aromatic N) is 3. The molecule has 1 aromatic heterocycles. The quantitative estimate of drug-likeness (QED) is 0.819. The van der Waals surface area contributed by atoms with Crippen LogP contribution in [0.1, 0.15) is 35.9 Å². The molecular weight excluding hydrogens is 206 g/mol. The predicted molar refractivity (Wildman–Crippen MR) is 61.8 cm³/mol. The molecule has 1 aromatic rings. The molecule has 90 valence electrons. The summed E-state index contributed by atoms with van der Waals surface area (Å²) in [5.41, 5.74) is 1.10. The van der Waals surface area contributed by atoms with Gasteiger partial charge in [-0.15, -0.1) is 0 Å². The fourth-order valence-electron chi connectivity index (χ4n) is 1.47. The van der Waals surface area contributed by atoms with Crippen LogP contribution in [-0.2, 0) is 6.54 Å². The SMILES string of the molecule is CC(C)c1cc(C(=O)O)nn1CCN(C)C. The second-order valence-corrected chi connectivity index (χ2v) is 4.44. The van der Waals surface area contributed by atoms with Crippen LogP contribution in [0.5, 0.6) is 0 Å². The van der Waals surface area contributed by atoms with Crippen LogP contribution in [0.4, 0.5) is 0 Å². The number of rotatable bonds is 5. The zero-order valence-corrected chi connectivity index (χ0v) is 10.3. The molecular formula is C11H19N3O2. The monoisotopic (exact) mass is 225 g/mol. The zero-order valence-electron chi connectivity index (χ0n) is 10.3. The summed E-state index contributed by atoms with van der Waals surface area (Å²) >= 11 is 0. The minimum absolute atomic E-state index is 0.127. The summed E-state index contributed by atoms with van der Waals surface area (Å²) in [6.07, 6.45) is 0. The third-order valence-electron chi connectivity index (χ3n) is 2.38. The summed E-state index contributed by atoms with van der Waals surface area (Å²) in [7, 11) is 3.97. The summed E-state index contributed by atoms with van der Waals surface area (Å²) in [5, 5.41) is 13.0. The lowest BCUT2D eigenvalue weighted by Crippen LogP contribution is -2.20. The highest BCUT2D eigenvalue weighted by Gasteiger charge is 2.15. The van der Waals surface area contributed by atoms with Crippen LogP contribution in [0.2, 0.25) is 0 Å². The van der Waals surface area contributed by atoms with E-state index in [1.165, 1.54) is 0 Å². The van der Waals surface area contributed by atoms with Crippen LogP contribution in [0, 0.1) is 0 Å². The Morgan fingerprint density at radius 1 is 1.56 bits per heavy atom. The number of aromatic carboxylic acids is 1. The van der Waals surface area contributed by atoms with Crippen LogP contribution in [0.3, 0.4) is 0 Å². The van der Waals surface area contributed by atoms with Gasteiger partial charge >= 0.3 is 5.97 Å². The van der Waals surface area contributed by atoms with E-state index in [-0.39, 0.29) is 11.6 Å². The van der Waals surface area contributed by atoms with Gasteiger partial charge in [0.1, 0.15) is 0 Å². The van der Waals surface area contributed by atoms with Crippen molar-refractivity contribution in [3.8, 4) is 0 Å². The van der Waals surface area contributed by atoms with Crippen molar-refractivity contribution in [3.05, 3.63) is 17.5 Å². The molecule has 0 aromatic carbocycles. The smallest absolute Gasteiger partial charge is 0.356 e. The van der Waals surface area contributed by atoms with Crippen molar-refractivity contribution in [1.29, 1.82) is 0 Å². The van der Waals surface area contributed by atoms with Crippen LogP contribution >= 0.6 is 0 Å². The van der Waals surface area contributed by atoms with Crippen molar-refractivity contribution >= 4 is 5.97 Å².